The minimum Gasteiger partial charge on any atom is -0.381 e. The maximum atomic E-state index is 6.08. The number of alkyl halides is 1. The highest BCUT2D eigenvalue weighted by Crippen LogP contribution is 2.28. The van der Waals surface area contributed by atoms with Crippen LogP contribution in [0.15, 0.2) is 0 Å². The summed E-state index contributed by atoms with van der Waals surface area (Å²) in [5.41, 5.74) is -0.0517. The van der Waals surface area contributed by atoms with Gasteiger partial charge in [-0.2, -0.15) is 0 Å². The highest BCUT2D eigenvalue weighted by molar-refractivity contribution is 9.09. The second kappa shape index (κ2) is 6.94. The average Bonchev–Trinajstić information content (AvgIpc) is 2.30. The Hall–Kier alpha value is 0.360. The maximum absolute atomic E-state index is 6.08. The van der Waals surface area contributed by atoms with Gasteiger partial charge in [-0.3, -0.25) is 0 Å². The molecule has 0 aromatic heterocycles. The summed E-state index contributed by atoms with van der Waals surface area (Å²) in [6.07, 6.45) is 2.11. The van der Waals surface area contributed by atoms with Crippen molar-refractivity contribution in [1.82, 2.24) is 0 Å². The van der Waals surface area contributed by atoms with Crippen LogP contribution < -0.4 is 0 Å². The lowest BCUT2D eigenvalue weighted by molar-refractivity contribution is -0.127. The van der Waals surface area contributed by atoms with E-state index in [9.17, 15) is 0 Å². The summed E-state index contributed by atoms with van der Waals surface area (Å²) >= 11 is 3.56. The molecule has 1 atom stereocenters. The lowest BCUT2D eigenvalue weighted by Gasteiger charge is -2.37. The molecule has 1 heterocycles. The predicted octanol–water partition coefficient (Wildman–Crippen LogP) is 2.62. The summed E-state index contributed by atoms with van der Waals surface area (Å²) in [7, 11) is 1.75. The van der Waals surface area contributed by atoms with E-state index in [4.69, 9.17) is 14.2 Å². The number of rotatable bonds is 6. The van der Waals surface area contributed by atoms with Crippen molar-refractivity contribution in [2.45, 2.75) is 38.4 Å². The standard InChI is InChI=1S/C12H23BrO3/c1-10(2)11(14-3)8-16-12(9-13)4-6-15-7-5-12/h10-11H,4-9H2,1-3H3. The summed E-state index contributed by atoms with van der Waals surface area (Å²) in [5.74, 6) is 0.484. The summed E-state index contributed by atoms with van der Waals surface area (Å²) in [6, 6.07) is 0. The fraction of sp³-hybridized carbons (Fsp3) is 1.00. The summed E-state index contributed by atoms with van der Waals surface area (Å²) in [6.45, 7) is 6.57. The van der Waals surface area contributed by atoms with Crippen LogP contribution in [0.5, 0.6) is 0 Å². The largest absolute Gasteiger partial charge is 0.381 e. The van der Waals surface area contributed by atoms with Crippen molar-refractivity contribution in [2.24, 2.45) is 5.92 Å². The molecule has 0 spiro atoms. The van der Waals surface area contributed by atoms with Crippen LogP contribution in [0.2, 0.25) is 0 Å². The number of halogens is 1. The van der Waals surface area contributed by atoms with Gasteiger partial charge in [0.1, 0.15) is 0 Å². The predicted molar refractivity (Wildman–Crippen MR) is 68.2 cm³/mol. The van der Waals surface area contributed by atoms with Crippen LogP contribution in [0.25, 0.3) is 0 Å². The third-order valence-corrected chi connectivity index (χ3v) is 4.27. The molecular weight excluding hydrogens is 272 g/mol. The zero-order valence-electron chi connectivity index (χ0n) is 10.5. The molecule has 16 heavy (non-hydrogen) atoms. The Morgan fingerprint density at radius 3 is 2.38 bits per heavy atom. The molecule has 3 nitrogen and oxygen atoms in total. The zero-order valence-corrected chi connectivity index (χ0v) is 12.1. The Morgan fingerprint density at radius 2 is 1.94 bits per heavy atom. The van der Waals surface area contributed by atoms with Gasteiger partial charge in [-0.05, 0) is 5.92 Å². The third kappa shape index (κ3) is 3.99. The third-order valence-electron chi connectivity index (χ3n) is 3.25. The second-order valence-corrected chi connectivity index (χ2v) is 5.32. The van der Waals surface area contributed by atoms with Gasteiger partial charge >= 0.3 is 0 Å². The van der Waals surface area contributed by atoms with E-state index in [0.717, 1.165) is 31.4 Å². The first-order valence-electron chi connectivity index (χ1n) is 5.94. The molecule has 0 N–H and O–H groups in total. The molecule has 1 rings (SSSR count). The normalized spacial score (nSPS) is 22.3. The van der Waals surface area contributed by atoms with Crippen molar-refractivity contribution in [3.8, 4) is 0 Å². The molecule has 0 aliphatic carbocycles. The van der Waals surface area contributed by atoms with Crippen molar-refractivity contribution >= 4 is 15.9 Å². The average molecular weight is 295 g/mol. The van der Waals surface area contributed by atoms with Crippen LogP contribution in [-0.4, -0.2) is 44.0 Å². The van der Waals surface area contributed by atoms with Gasteiger partial charge in [0, 0.05) is 38.5 Å². The van der Waals surface area contributed by atoms with Gasteiger partial charge in [-0.15, -0.1) is 0 Å². The van der Waals surface area contributed by atoms with Crippen LogP contribution in [-0.2, 0) is 14.2 Å². The van der Waals surface area contributed by atoms with Crippen LogP contribution >= 0.6 is 15.9 Å². The highest BCUT2D eigenvalue weighted by Gasteiger charge is 2.33. The molecule has 0 saturated carbocycles. The molecule has 4 heteroatoms. The molecule has 0 amide bonds. The lowest BCUT2D eigenvalue weighted by atomic mass is 9.96. The number of ether oxygens (including phenoxy) is 3. The van der Waals surface area contributed by atoms with Crippen LogP contribution in [0.4, 0.5) is 0 Å². The first kappa shape index (κ1) is 14.4. The van der Waals surface area contributed by atoms with Gasteiger partial charge in [-0.25, -0.2) is 0 Å². The summed E-state index contributed by atoms with van der Waals surface area (Å²) in [5, 5.41) is 0.873. The van der Waals surface area contributed by atoms with E-state index in [1.807, 2.05) is 0 Å². The first-order chi connectivity index (χ1) is 7.63. The monoisotopic (exact) mass is 294 g/mol. The number of hydrogen-bond donors (Lipinski definition) is 0. The van der Waals surface area contributed by atoms with Gasteiger partial charge in [0.25, 0.3) is 0 Å². The fourth-order valence-corrected chi connectivity index (χ4v) is 2.57. The van der Waals surface area contributed by atoms with E-state index in [0.29, 0.717) is 12.5 Å². The molecule has 1 unspecified atom stereocenters. The Labute approximate surface area is 107 Å². The lowest BCUT2D eigenvalue weighted by Crippen LogP contribution is -2.43. The fourth-order valence-electron chi connectivity index (χ4n) is 1.85. The SMILES string of the molecule is COC(COC1(CBr)CCOCC1)C(C)C. The second-order valence-electron chi connectivity index (χ2n) is 4.76. The van der Waals surface area contributed by atoms with Crippen molar-refractivity contribution in [3.63, 3.8) is 0 Å². The van der Waals surface area contributed by atoms with E-state index in [-0.39, 0.29) is 11.7 Å². The highest BCUT2D eigenvalue weighted by atomic mass is 79.9. The maximum Gasteiger partial charge on any atom is 0.0827 e. The molecule has 1 aliphatic heterocycles. The van der Waals surface area contributed by atoms with Crippen LogP contribution in [0.1, 0.15) is 26.7 Å². The molecular formula is C12H23BrO3. The molecule has 96 valence electrons. The molecule has 1 fully saturated rings. The van der Waals surface area contributed by atoms with Gasteiger partial charge < -0.3 is 14.2 Å². The van der Waals surface area contributed by atoms with Crippen LogP contribution in [0, 0.1) is 5.92 Å². The number of methoxy groups -OCH3 is 1. The Balaban J connectivity index is 2.43. The van der Waals surface area contributed by atoms with Gasteiger partial charge in [0.2, 0.25) is 0 Å². The van der Waals surface area contributed by atoms with E-state index < -0.39 is 0 Å². The van der Waals surface area contributed by atoms with E-state index >= 15 is 0 Å². The van der Waals surface area contributed by atoms with Crippen LogP contribution in [0.3, 0.4) is 0 Å². The summed E-state index contributed by atoms with van der Waals surface area (Å²) < 4.78 is 16.9. The molecule has 1 saturated heterocycles. The van der Waals surface area contributed by atoms with Crippen molar-refractivity contribution in [1.29, 1.82) is 0 Å². The van der Waals surface area contributed by atoms with E-state index in [2.05, 4.69) is 29.8 Å². The zero-order chi connectivity index (χ0) is 12.0. The number of hydrogen-bond acceptors (Lipinski definition) is 3. The molecule has 0 aromatic carbocycles. The molecule has 0 aromatic rings. The van der Waals surface area contributed by atoms with Crippen molar-refractivity contribution < 1.29 is 14.2 Å². The molecule has 1 aliphatic rings. The minimum absolute atomic E-state index is 0.0517. The van der Waals surface area contributed by atoms with Gasteiger partial charge in [0.15, 0.2) is 0 Å². The Morgan fingerprint density at radius 1 is 1.31 bits per heavy atom. The van der Waals surface area contributed by atoms with Crippen molar-refractivity contribution in [3.05, 3.63) is 0 Å². The minimum atomic E-state index is -0.0517. The van der Waals surface area contributed by atoms with E-state index in [1.165, 1.54) is 0 Å². The Kier molecular flexibility index (Phi) is 6.26. The smallest absolute Gasteiger partial charge is 0.0827 e. The Bertz CT molecular complexity index is 191. The van der Waals surface area contributed by atoms with Gasteiger partial charge in [0.05, 0.1) is 18.3 Å². The summed E-state index contributed by atoms with van der Waals surface area (Å²) in [4.78, 5) is 0. The molecule has 0 radical (unpaired) electrons. The van der Waals surface area contributed by atoms with E-state index in [1.54, 1.807) is 7.11 Å². The quantitative estimate of drug-likeness (QED) is 0.705. The molecule has 0 bridgehead atoms. The van der Waals surface area contributed by atoms with Crippen molar-refractivity contribution in [2.75, 3.05) is 32.3 Å². The van der Waals surface area contributed by atoms with Gasteiger partial charge in [-0.1, -0.05) is 29.8 Å². The topological polar surface area (TPSA) is 27.7 Å². The first-order valence-corrected chi connectivity index (χ1v) is 7.06.